The van der Waals surface area contributed by atoms with Gasteiger partial charge in [-0.3, -0.25) is 19.4 Å². The molecule has 0 aromatic heterocycles. The summed E-state index contributed by atoms with van der Waals surface area (Å²) < 4.78 is 5.48. The van der Waals surface area contributed by atoms with Gasteiger partial charge in [0.1, 0.15) is 5.75 Å². The fourth-order valence-electron chi connectivity index (χ4n) is 3.93. The zero-order chi connectivity index (χ0) is 19.1. The smallest absolute Gasteiger partial charge is 0.229 e. The van der Waals surface area contributed by atoms with Crippen molar-refractivity contribution < 1.29 is 14.3 Å². The number of likely N-dealkylation sites (tertiary alicyclic amines) is 1. The summed E-state index contributed by atoms with van der Waals surface area (Å²) in [5.74, 6) is 0.963. The van der Waals surface area contributed by atoms with E-state index in [1.54, 1.807) is 7.11 Å². The van der Waals surface area contributed by atoms with Gasteiger partial charge in [-0.15, -0.1) is 0 Å². The molecule has 0 radical (unpaired) electrons. The lowest BCUT2D eigenvalue weighted by Crippen LogP contribution is -2.46. The highest BCUT2D eigenvalue weighted by Crippen LogP contribution is 2.28. The van der Waals surface area contributed by atoms with E-state index in [0.717, 1.165) is 64.2 Å². The Morgan fingerprint density at radius 1 is 0.889 bits per heavy atom. The molecule has 0 N–H and O–H groups in total. The van der Waals surface area contributed by atoms with E-state index in [2.05, 4.69) is 21.9 Å². The summed E-state index contributed by atoms with van der Waals surface area (Å²) >= 11 is 0. The normalized spacial score (nSPS) is 18.9. The molecule has 6 nitrogen and oxygen atoms in total. The molecule has 2 saturated heterocycles. The second-order valence-electron chi connectivity index (χ2n) is 7.35. The standard InChI is InChI=1S/C21H31N3O3/c1-27-19-9-4-3-8-18(19)23-16-14-22(15-17-23)12-5-2-6-13-24-20(25)10-7-11-21(24)26/h3-4,8-9H,2,5-7,10-17H2,1H3. The lowest BCUT2D eigenvalue weighted by molar-refractivity contribution is -0.148. The maximum atomic E-state index is 11.8. The molecule has 0 aliphatic carbocycles. The summed E-state index contributed by atoms with van der Waals surface area (Å²) in [6.07, 6.45) is 4.87. The topological polar surface area (TPSA) is 53.1 Å². The number of anilines is 1. The Kier molecular flexibility index (Phi) is 7.10. The second kappa shape index (κ2) is 9.74. The highest BCUT2D eigenvalue weighted by molar-refractivity contribution is 5.97. The molecule has 27 heavy (non-hydrogen) atoms. The Labute approximate surface area is 162 Å². The van der Waals surface area contributed by atoms with Gasteiger partial charge >= 0.3 is 0 Å². The lowest BCUT2D eigenvalue weighted by Gasteiger charge is -2.36. The maximum absolute atomic E-state index is 11.8. The average Bonchev–Trinajstić information content (AvgIpc) is 2.70. The Balaban J connectivity index is 1.33. The number of rotatable bonds is 8. The number of carbonyl (C=O) groups is 2. The van der Waals surface area contributed by atoms with Gasteiger partial charge in [-0.25, -0.2) is 0 Å². The zero-order valence-corrected chi connectivity index (χ0v) is 16.4. The number of carbonyl (C=O) groups excluding carboxylic acids is 2. The van der Waals surface area contributed by atoms with Crippen LogP contribution in [0, 0.1) is 0 Å². The monoisotopic (exact) mass is 373 g/mol. The number of para-hydroxylation sites is 2. The van der Waals surface area contributed by atoms with Crippen LogP contribution in [0.1, 0.15) is 38.5 Å². The highest BCUT2D eigenvalue weighted by Gasteiger charge is 2.25. The van der Waals surface area contributed by atoms with Crippen LogP contribution in [-0.4, -0.2) is 68.0 Å². The molecule has 0 saturated carbocycles. The Morgan fingerprint density at radius 3 is 2.26 bits per heavy atom. The Hall–Kier alpha value is -2.08. The van der Waals surface area contributed by atoms with Crippen LogP contribution in [0.2, 0.25) is 0 Å². The van der Waals surface area contributed by atoms with Crippen LogP contribution in [0.4, 0.5) is 5.69 Å². The van der Waals surface area contributed by atoms with Crippen LogP contribution in [0.5, 0.6) is 5.75 Å². The molecule has 3 rings (SSSR count). The molecule has 2 aliphatic rings. The van der Waals surface area contributed by atoms with Crippen LogP contribution in [0.3, 0.4) is 0 Å². The number of benzene rings is 1. The lowest BCUT2D eigenvalue weighted by atomic mass is 10.1. The predicted molar refractivity (Wildman–Crippen MR) is 106 cm³/mol. The van der Waals surface area contributed by atoms with Gasteiger partial charge < -0.3 is 9.64 Å². The number of hydrogen-bond acceptors (Lipinski definition) is 5. The molecule has 1 aromatic rings. The average molecular weight is 373 g/mol. The molecule has 0 spiro atoms. The van der Waals surface area contributed by atoms with Gasteiger partial charge in [0.05, 0.1) is 12.8 Å². The molecule has 2 aliphatic heterocycles. The molecule has 2 amide bonds. The quantitative estimate of drug-likeness (QED) is 0.518. The first-order valence-corrected chi connectivity index (χ1v) is 10.1. The van der Waals surface area contributed by atoms with Crippen molar-refractivity contribution in [1.82, 2.24) is 9.80 Å². The van der Waals surface area contributed by atoms with E-state index in [1.165, 1.54) is 10.6 Å². The van der Waals surface area contributed by atoms with Gasteiger partial charge in [0.15, 0.2) is 0 Å². The number of unbranched alkanes of at least 4 members (excludes halogenated alkanes) is 2. The SMILES string of the molecule is COc1ccccc1N1CCN(CCCCCN2C(=O)CCCC2=O)CC1. The van der Waals surface area contributed by atoms with Crippen molar-refractivity contribution in [2.75, 3.05) is 51.3 Å². The number of methoxy groups -OCH3 is 1. The molecule has 148 valence electrons. The van der Waals surface area contributed by atoms with Crippen molar-refractivity contribution in [2.45, 2.75) is 38.5 Å². The molecular formula is C21H31N3O3. The molecule has 0 unspecified atom stereocenters. The molecule has 2 fully saturated rings. The van der Waals surface area contributed by atoms with Crippen molar-refractivity contribution in [3.8, 4) is 5.75 Å². The molecule has 0 atom stereocenters. The number of amides is 2. The summed E-state index contributed by atoms with van der Waals surface area (Å²) in [5.41, 5.74) is 1.18. The van der Waals surface area contributed by atoms with Crippen molar-refractivity contribution >= 4 is 17.5 Å². The minimum absolute atomic E-state index is 0.0127. The van der Waals surface area contributed by atoms with Crippen LogP contribution < -0.4 is 9.64 Å². The molecular weight excluding hydrogens is 342 g/mol. The number of imide groups is 1. The van der Waals surface area contributed by atoms with Gasteiger partial charge in [-0.1, -0.05) is 18.6 Å². The van der Waals surface area contributed by atoms with E-state index in [0.29, 0.717) is 19.4 Å². The summed E-state index contributed by atoms with van der Waals surface area (Å²) in [5, 5.41) is 0. The molecule has 2 heterocycles. The third-order valence-corrected chi connectivity index (χ3v) is 5.54. The van der Waals surface area contributed by atoms with Crippen molar-refractivity contribution in [2.24, 2.45) is 0 Å². The molecule has 0 bridgehead atoms. The van der Waals surface area contributed by atoms with Crippen molar-refractivity contribution in [1.29, 1.82) is 0 Å². The number of ether oxygens (including phenoxy) is 1. The van der Waals surface area contributed by atoms with E-state index in [9.17, 15) is 9.59 Å². The summed E-state index contributed by atoms with van der Waals surface area (Å²) in [7, 11) is 1.72. The first-order chi connectivity index (χ1) is 13.2. The molecule has 1 aromatic carbocycles. The van der Waals surface area contributed by atoms with Gasteiger partial charge in [0, 0.05) is 45.6 Å². The van der Waals surface area contributed by atoms with Crippen LogP contribution >= 0.6 is 0 Å². The number of hydrogen-bond donors (Lipinski definition) is 0. The largest absolute Gasteiger partial charge is 0.495 e. The van der Waals surface area contributed by atoms with E-state index >= 15 is 0 Å². The fraction of sp³-hybridized carbons (Fsp3) is 0.619. The van der Waals surface area contributed by atoms with Crippen LogP contribution in [-0.2, 0) is 9.59 Å². The van der Waals surface area contributed by atoms with Gasteiger partial charge in [0.2, 0.25) is 11.8 Å². The number of nitrogens with zero attached hydrogens (tertiary/aromatic N) is 3. The number of piperidine rings is 1. The van der Waals surface area contributed by atoms with Gasteiger partial charge in [-0.05, 0) is 37.9 Å². The Bertz CT molecular complexity index is 625. The third kappa shape index (κ3) is 5.22. The minimum atomic E-state index is 0.0127. The van der Waals surface area contributed by atoms with Crippen molar-refractivity contribution in [3.05, 3.63) is 24.3 Å². The molecule has 6 heteroatoms. The van der Waals surface area contributed by atoms with E-state index < -0.39 is 0 Å². The van der Waals surface area contributed by atoms with E-state index in [4.69, 9.17) is 4.74 Å². The number of piperazine rings is 1. The second-order valence-corrected chi connectivity index (χ2v) is 7.35. The predicted octanol–water partition coefficient (Wildman–Crippen LogP) is 2.53. The van der Waals surface area contributed by atoms with Gasteiger partial charge in [0.25, 0.3) is 0 Å². The summed E-state index contributed by atoms with van der Waals surface area (Å²) in [6, 6.07) is 8.20. The first kappa shape index (κ1) is 19.7. The summed E-state index contributed by atoms with van der Waals surface area (Å²) in [4.78, 5) is 29.9. The minimum Gasteiger partial charge on any atom is -0.495 e. The first-order valence-electron chi connectivity index (χ1n) is 10.1. The van der Waals surface area contributed by atoms with Gasteiger partial charge in [-0.2, -0.15) is 0 Å². The van der Waals surface area contributed by atoms with Crippen molar-refractivity contribution in [3.63, 3.8) is 0 Å². The van der Waals surface area contributed by atoms with Crippen LogP contribution in [0.25, 0.3) is 0 Å². The fourth-order valence-corrected chi connectivity index (χ4v) is 3.93. The van der Waals surface area contributed by atoms with E-state index in [-0.39, 0.29) is 11.8 Å². The van der Waals surface area contributed by atoms with Crippen LogP contribution in [0.15, 0.2) is 24.3 Å². The summed E-state index contributed by atoms with van der Waals surface area (Å²) in [6.45, 7) is 5.82. The maximum Gasteiger partial charge on any atom is 0.229 e. The zero-order valence-electron chi connectivity index (χ0n) is 16.4. The third-order valence-electron chi connectivity index (χ3n) is 5.54. The highest BCUT2D eigenvalue weighted by atomic mass is 16.5. The van der Waals surface area contributed by atoms with E-state index in [1.807, 2.05) is 12.1 Å². The Morgan fingerprint density at radius 2 is 1.56 bits per heavy atom.